The fraction of sp³-hybridized carbons (Fsp3) is 0.429. The predicted octanol–water partition coefficient (Wildman–Crippen LogP) is 2.44. The minimum atomic E-state index is -3.83. The second kappa shape index (κ2) is 10.3. The first-order valence-corrected chi connectivity index (χ1v) is 16.1. The number of aromatic nitrogens is 6. The van der Waals surface area contributed by atoms with Crippen LogP contribution >= 0.6 is 11.6 Å². The molecule has 13 nitrogen and oxygen atoms in total. The van der Waals surface area contributed by atoms with E-state index in [0.717, 1.165) is 41.9 Å². The first-order chi connectivity index (χ1) is 20.2. The van der Waals surface area contributed by atoms with Gasteiger partial charge >= 0.3 is 0 Å². The number of halogens is 1. The summed E-state index contributed by atoms with van der Waals surface area (Å²) >= 11 is 6.03. The van der Waals surface area contributed by atoms with E-state index in [0.29, 0.717) is 34.6 Å². The van der Waals surface area contributed by atoms with Crippen LogP contribution in [0.5, 0.6) is 0 Å². The summed E-state index contributed by atoms with van der Waals surface area (Å²) in [6.45, 7) is 7.30. The van der Waals surface area contributed by atoms with Crippen molar-refractivity contribution in [3.63, 3.8) is 0 Å². The Labute approximate surface area is 253 Å². The number of aryl methyl sites for hydroxylation is 3. The highest BCUT2D eigenvalue weighted by molar-refractivity contribution is 7.89. The largest absolute Gasteiger partial charge is 0.377 e. The number of sulfonamides is 1. The SMILES string of the molecule is Cc1cc([C@@H](C)Nc2ccc(Cl)nc2C(=O)NS(C)(=O)=O)c2nc(N3C[C@@H]4C(c5nn(C)nc5C)[C@@H]4C3)n(C)c(=O)c2c1. The summed E-state index contributed by atoms with van der Waals surface area (Å²) in [4.78, 5) is 39.3. The van der Waals surface area contributed by atoms with E-state index in [2.05, 4.69) is 25.4 Å². The molecule has 6 rings (SSSR count). The zero-order valence-corrected chi connectivity index (χ0v) is 26.2. The molecule has 0 bridgehead atoms. The average molecular weight is 626 g/mol. The molecule has 226 valence electrons. The van der Waals surface area contributed by atoms with Gasteiger partial charge < -0.3 is 10.2 Å². The molecule has 43 heavy (non-hydrogen) atoms. The number of rotatable bonds is 7. The number of piperidine rings is 1. The molecule has 1 aliphatic carbocycles. The Morgan fingerprint density at radius 3 is 2.42 bits per heavy atom. The van der Waals surface area contributed by atoms with Crippen LogP contribution in [0, 0.1) is 25.7 Å². The van der Waals surface area contributed by atoms with Crippen LogP contribution in [0.4, 0.5) is 11.6 Å². The lowest BCUT2D eigenvalue weighted by Gasteiger charge is -2.25. The van der Waals surface area contributed by atoms with Crippen molar-refractivity contribution < 1.29 is 13.2 Å². The van der Waals surface area contributed by atoms with Gasteiger partial charge in [-0.2, -0.15) is 15.0 Å². The molecule has 15 heteroatoms. The third-order valence-corrected chi connectivity index (χ3v) is 9.00. The van der Waals surface area contributed by atoms with Crippen LogP contribution in [0.3, 0.4) is 0 Å². The van der Waals surface area contributed by atoms with Crippen LogP contribution in [-0.4, -0.2) is 63.2 Å². The quantitative estimate of drug-likeness (QED) is 0.292. The topological polar surface area (TPSA) is 157 Å². The van der Waals surface area contributed by atoms with Crippen molar-refractivity contribution in [2.24, 2.45) is 25.9 Å². The first-order valence-electron chi connectivity index (χ1n) is 13.8. The molecule has 1 aliphatic heterocycles. The van der Waals surface area contributed by atoms with Crippen molar-refractivity contribution in [2.45, 2.75) is 32.7 Å². The number of carbonyl (C=O) groups is 1. The molecule has 4 atom stereocenters. The minimum absolute atomic E-state index is 0.0352. The van der Waals surface area contributed by atoms with E-state index in [1.807, 2.05) is 44.7 Å². The van der Waals surface area contributed by atoms with Crippen molar-refractivity contribution in [1.29, 1.82) is 0 Å². The van der Waals surface area contributed by atoms with Crippen LogP contribution < -0.4 is 20.5 Å². The lowest BCUT2D eigenvalue weighted by Crippen LogP contribution is -2.32. The smallest absolute Gasteiger partial charge is 0.285 e. The van der Waals surface area contributed by atoms with Gasteiger partial charge in [-0.3, -0.25) is 14.2 Å². The molecule has 1 saturated heterocycles. The highest BCUT2D eigenvalue weighted by atomic mass is 35.5. The average Bonchev–Trinajstić information content (AvgIpc) is 3.21. The number of benzene rings is 1. The standard InChI is InChI=1S/C28H32ClN9O4S/c1-13-9-16(14(2)30-20-7-8-21(29)31-25(20)26(39)35-43(6,41)42)24-17(10-13)27(40)36(4)28(32-24)38-11-18-19(12-38)22(18)23-15(3)33-37(5)34-23/h7-10,14,18-19,22,30H,11-12H2,1-6H3,(H,35,39)/t14-,18-,19+,22?/m1/s1. The monoisotopic (exact) mass is 625 g/mol. The van der Waals surface area contributed by atoms with Gasteiger partial charge in [0.15, 0.2) is 5.69 Å². The van der Waals surface area contributed by atoms with Gasteiger partial charge in [0.05, 0.1) is 40.3 Å². The minimum Gasteiger partial charge on any atom is -0.377 e. The Morgan fingerprint density at radius 2 is 1.79 bits per heavy atom. The molecular formula is C28H32ClN9O4S. The third-order valence-electron chi connectivity index (χ3n) is 8.23. The van der Waals surface area contributed by atoms with Gasteiger partial charge in [-0.05, 0) is 56.4 Å². The number of amides is 1. The highest BCUT2D eigenvalue weighted by Gasteiger charge is 2.58. The molecule has 2 fully saturated rings. The summed E-state index contributed by atoms with van der Waals surface area (Å²) < 4.78 is 26.9. The lowest BCUT2D eigenvalue weighted by molar-refractivity contribution is 0.0977. The van der Waals surface area contributed by atoms with Crippen LogP contribution in [0.25, 0.3) is 10.9 Å². The molecule has 1 aromatic carbocycles. The maximum atomic E-state index is 13.7. The second-order valence-electron chi connectivity index (χ2n) is 11.5. The molecular weight excluding hydrogens is 594 g/mol. The van der Waals surface area contributed by atoms with Crippen molar-refractivity contribution in [1.82, 2.24) is 34.3 Å². The maximum absolute atomic E-state index is 13.7. The number of hydrogen-bond donors (Lipinski definition) is 2. The van der Waals surface area contributed by atoms with Crippen molar-refractivity contribution in [3.05, 3.63) is 68.0 Å². The number of carbonyl (C=O) groups excluding carboxylic acids is 1. The summed E-state index contributed by atoms with van der Waals surface area (Å²) in [7, 11) is -0.252. The normalized spacial score (nSPS) is 20.3. The first kappa shape index (κ1) is 29.1. The van der Waals surface area contributed by atoms with Crippen molar-refractivity contribution in [2.75, 3.05) is 29.6 Å². The van der Waals surface area contributed by atoms with Gasteiger partial charge in [-0.1, -0.05) is 17.7 Å². The molecule has 4 heterocycles. The van der Waals surface area contributed by atoms with Crippen LogP contribution in [0.15, 0.2) is 29.1 Å². The fourth-order valence-corrected chi connectivity index (χ4v) is 6.91. The van der Waals surface area contributed by atoms with Crippen LogP contribution in [-0.2, 0) is 24.1 Å². The van der Waals surface area contributed by atoms with E-state index in [-0.39, 0.29) is 22.1 Å². The fourth-order valence-electron chi connectivity index (χ4n) is 6.33. The Balaban J connectivity index is 1.33. The van der Waals surface area contributed by atoms with Crippen LogP contribution in [0.1, 0.15) is 51.9 Å². The van der Waals surface area contributed by atoms with Crippen molar-refractivity contribution in [3.8, 4) is 0 Å². The molecule has 1 unspecified atom stereocenters. The van der Waals surface area contributed by atoms with Gasteiger partial charge in [0.25, 0.3) is 11.5 Å². The molecule has 1 amide bonds. The lowest BCUT2D eigenvalue weighted by atomic mass is 10.0. The number of nitrogens with one attached hydrogen (secondary N) is 2. The molecule has 0 radical (unpaired) electrons. The van der Waals surface area contributed by atoms with Crippen LogP contribution in [0.2, 0.25) is 5.15 Å². The summed E-state index contributed by atoms with van der Waals surface area (Å²) in [5.41, 5.74) is 4.13. The maximum Gasteiger partial charge on any atom is 0.285 e. The Bertz CT molecular complexity index is 1960. The zero-order chi connectivity index (χ0) is 31.0. The van der Waals surface area contributed by atoms with Gasteiger partial charge in [0.2, 0.25) is 16.0 Å². The zero-order valence-electron chi connectivity index (χ0n) is 24.6. The molecule has 0 spiro atoms. The van der Waals surface area contributed by atoms with E-state index in [1.165, 1.54) is 6.07 Å². The summed E-state index contributed by atoms with van der Waals surface area (Å²) in [5.74, 6) is 0.903. The molecule has 1 saturated carbocycles. The van der Waals surface area contributed by atoms with Gasteiger partial charge in [-0.15, -0.1) is 0 Å². The summed E-state index contributed by atoms with van der Waals surface area (Å²) in [5, 5.41) is 12.8. The van der Waals surface area contributed by atoms with Crippen molar-refractivity contribution >= 4 is 50.1 Å². The van der Waals surface area contributed by atoms with E-state index in [9.17, 15) is 18.0 Å². The second-order valence-corrected chi connectivity index (χ2v) is 13.7. The van der Waals surface area contributed by atoms with Gasteiger partial charge in [0.1, 0.15) is 5.15 Å². The van der Waals surface area contributed by atoms with Gasteiger partial charge in [-0.25, -0.2) is 23.1 Å². The Hall–Kier alpha value is -4.04. The molecule has 2 aliphatic rings. The van der Waals surface area contributed by atoms with E-state index in [1.54, 1.807) is 22.5 Å². The Morgan fingerprint density at radius 1 is 1.09 bits per heavy atom. The summed E-state index contributed by atoms with van der Waals surface area (Å²) in [6, 6.07) is 6.39. The van der Waals surface area contributed by atoms with E-state index < -0.39 is 22.0 Å². The molecule has 4 aromatic rings. The molecule has 3 aromatic heterocycles. The predicted molar refractivity (Wildman–Crippen MR) is 163 cm³/mol. The van der Waals surface area contributed by atoms with E-state index >= 15 is 0 Å². The third kappa shape index (κ3) is 5.33. The summed E-state index contributed by atoms with van der Waals surface area (Å²) in [6.07, 6.45) is 0.884. The number of pyridine rings is 1. The number of hydrogen-bond acceptors (Lipinski definition) is 10. The van der Waals surface area contributed by atoms with E-state index in [4.69, 9.17) is 16.6 Å². The Kier molecular flexibility index (Phi) is 6.96. The molecule has 2 N–H and O–H groups in total. The number of anilines is 2. The number of nitrogens with zero attached hydrogens (tertiary/aromatic N) is 7. The number of fused-ring (bicyclic) bond motifs is 2. The van der Waals surface area contributed by atoms with Gasteiger partial charge in [0, 0.05) is 38.7 Å². The highest BCUT2D eigenvalue weighted by Crippen LogP contribution is 2.58.